The molecule has 4 rings (SSSR count). The van der Waals surface area contributed by atoms with Crippen LogP contribution in [0.25, 0.3) is 0 Å². The predicted octanol–water partition coefficient (Wildman–Crippen LogP) is 6.19. The molecule has 0 bridgehead atoms. The highest BCUT2D eigenvalue weighted by Crippen LogP contribution is 2.39. The van der Waals surface area contributed by atoms with Crippen LogP contribution in [0.1, 0.15) is 67.4 Å². The molecule has 0 spiro atoms. The highest BCUT2D eigenvalue weighted by Gasteiger charge is 2.43. The molecule has 2 aromatic carbocycles. The summed E-state index contributed by atoms with van der Waals surface area (Å²) >= 11 is 0. The van der Waals surface area contributed by atoms with E-state index in [-0.39, 0.29) is 61.0 Å². The van der Waals surface area contributed by atoms with E-state index in [4.69, 9.17) is 4.74 Å². The van der Waals surface area contributed by atoms with Gasteiger partial charge in [0, 0.05) is 17.8 Å². The van der Waals surface area contributed by atoms with Crippen LogP contribution in [0.2, 0.25) is 0 Å². The van der Waals surface area contributed by atoms with E-state index in [1.165, 1.54) is 19.1 Å². The van der Waals surface area contributed by atoms with Gasteiger partial charge < -0.3 is 19.7 Å². The largest absolute Gasteiger partial charge is 0.391 e. The number of nitriles is 1. The van der Waals surface area contributed by atoms with Gasteiger partial charge >= 0.3 is 12.8 Å². The SMILES string of the molecule is CCS(=O)(=O)c1ccc([C@H](CC#N)NC(=O)c2ccc(N3C[C@@H](OC4CCC(C(F)(F)F)CC4)C[C@H]3COC(F)F)cc2)cc1. The first-order valence-corrected chi connectivity index (χ1v) is 16.4. The molecule has 2 aliphatic rings. The van der Waals surface area contributed by atoms with Crippen molar-refractivity contribution in [2.24, 2.45) is 5.92 Å². The standard InChI is InChI=1S/C31H36F5N3O5S/c1-2-45(41,42)27-13-5-20(6-14-27)28(15-16-37)38-29(40)21-3-9-23(10-4-21)39-18-26(17-24(39)19-43-30(32)33)44-25-11-7-22(8-12-25)31(34,35)36/h3-6,9-10,13-14,22,24-26,28,30H,2,7-8,11-12,15,17-19H2,1H3,(H,38,40)/t22?,24-,25?,26-,28-/m0/s1. The van der Waals surface area contributed by atoms with Crippen molar-refractivity contribution in [3.8, 4) is 6.07 Å². The molecular weight excluding hydrogens is 621 g/mol. The van der Waals surface area contributed by atoms with E-state index < -0.39 is 52.6 Å². The molecule has 8 nitrogen and oxygen atoms in total. The number of nitrogens with zero attached hydrogens (tertiary/aromatic N) is 2. The van der Waals surface area contributed by atoms with Crippen LogP contribution in [0.5, 0.6) is 0 Å². The van der Waals surface area contributed by atoms with E-state index in [0.29, 0.717) is 24.2 Å². The van der Waals surface area contributed by atoms with E-state index in [1.807, 2.05) is 11.0 Å². The third-order valence-electron chi connectivity index (χ3n) is 8.40. The molecule has 0 radical (unpaired) electrons. The van der Waals surface area contributed by atoms with E-state index >= 15 is 0 Å². The Bertz CT molecular complexity index is 1420. The number of halogens is 5. The third-order valence-corrected chi connectivity index (χ3v) is 10.1. The second kappa shape index (κ2) is 14.9. The van der Waals surface area contributed by atoms with Crippen molar-refractivity contribution in [3.63, 3.8) is 0 Å². The average molecular weight is 658 g/mol. The van der Waals surface area contributed by atoms with E-state index in [9.17, 15) is 40.4 Å². The monoisotopic (exact) mass is 657 g/mol. The van der Waals surface area contributed by atoms with Crippen LogP contribution in [0.15, 0.2) is 53.4 Å². The molecule has 2 fully saturated rings. The number of rotatable bonds is 12. The van der Waals surface area contributed by atoms with Crippen LogP contribution in [0.4, 0.5) is 27.6 Å². The number of amides is 1. The second-order valence-electron chi connectivity index (χ2n) is 11.3. The summed E-state index contributed by atoms with van der Waals surface area (Å²) in [6, 6.07) is 13.3. The summed E-state index contributed by atoms with van der Waals surface area (Å²) in [5.41, 5.74) is 1.47. The third kappa shape index (κ3) is 9.14. The molecule has 1 saturated heterocycles. The number of anilines is 1. The minimum Gasteiger partial charge on any atom is -0.373 e. The van der Waals surface area contributed by atoms with Crippen LogP contribution in [0.3, 0.4) is 0 Å². The van der Waals surface area contributed by atoms with Gasteiger partial charge in [0.1, 0.15) is 0 Å². The number of carbonyl (C=O) groups excluding carboxylic acids is 1. The predicted molar refractivity (Wildman–Crippen MR) is 155 cm³/mol. The molecule has 2 aromatic rings. The molecule has 0 unspecified atom stereocenters. The Balaban J connectivity index is 1.41. The van der Waals surface area contributed by atoms with E-state index in [2.05, 4.69) is 10.1 Å². The first-order chi connectivity index (χ1) is 21.3. The van der Waals surface area contributed by atoms with Crippen molar-refractivity contribution in [2.75, 3.05) is 23.8 Å². The van der Waals surface area contributed by atoms with Crippen LogP contribution in [-0.4, -0.2) is 64.3 Å². The summed E-state index contributed by atoms with van der Waals surface area (Å²) in [6.45, 7) is -1.40. The minimum atomic E-state index is -4.22. The summed E-state index contributed by atoms with van der Waals surface area (Å²) < 4.78 is 99.9. The molecule has 3 atom stereocenters. The lowest BCUT2D eigenvalue weighted by molar-refractivity contribution is -0.189. The second-order valence-corrected chi connectivity index (χ2v) is 13.6. The van der Waals surface area contributed by atoms with Gasteiger partial charge in [-0.3, -0.25) is 4.79 Å². The van der Waals surface area contributed by atoms with Crippen LogP contribution >= 0.6 is 0 Å². The van der Waals surface area contributed by atoms with E-state index in [0.717, 1.165) is 0 Å². The summed E-state index contributed by atoms with van der Waals surface area (Å²) in [6.07, 6.45) is -4.12. The Labute approximate surface area is 259 Å². The molecule has 1 aliphatic carbocycles. The lowest BCUT2D eigenvalue weighted by Gasteiger charge is -2.31. The van der Waals surface area contributed by atoms with Crippen molar-refractivity contribution >= 4 is 21.4 Å². The summed E-state index contributed by atoms with van der Waals surface area (Å²) in [7, 11) is -3.41. The summed E-state index contributed by atoms with van der Waals surface area (Å²) in [5.74, 6) is -1.86. The molecule has 246 valence electrons. The fourth-order valence-corrected chi connectivity index (χ4v) is 6.78. The maximum Gasteiger partial charge on any atom is 0.391 e. The average Bonchev–Trinajstić information content (AvgIpc) is 3.42. The van der Waals surface area contributed by atoms with Gasteiger partial charge in [-0.25, -0.2) is 8.42 Å². The Kier molecular flexibility index (Phi) is 11.4. The van der Waals surface area contributed by atoms with Gasteiger partial charge in [0.2, 0.25) is 0 Å². The van der Waals surface area contributed by atoms with Crippen LogP contribution in [0, 0.1) is 17.2 Å². The van der Waals surface area contributed by atoms with Crippen LogP contribution in [-0.2, 0) is 19.3 Å². The smallest absolute Gasteiger partial charge is 0.373 e. The first-order valence-electron chi connectivity index (χ1n) is 14.8. The maximum absolute atomic E-state index is 13.1. The fourth-order valence-electron chi connectivity index (χ4n) is 5.89. The number of sulfone groups is 1. The topological polar surface area (TPSA) is 109 Å². The highest BCUT2D eigenvalue weighted by molar-refractivity contribution is 7.91. The van der Waals surface area contributed by atoms with Crippen molar-refractivity contribution in [3.05, 3.63) is 59.7 Å². The van der Waals surface area contributed by atoms with Crippen molar-refractivity contribution in [1.82, 2.24) is 5.32 Å². The molecule has 0 aromatic heterocycles. The highest BCUT2D eigenvalue weighted by atomic mass is 32.2. The zero-order valence-electron chi connectivity index (χ0n) is 24.7. The van der Waals surface area contributed by atoms with Crippen molar-refractivity contribution in [2.45, 2.75) is 87.4 Å². The Morgan fingerprint density at radius 1 is 1.04 bits per heavy atom. The fraction of sp³-hybridized carbons (Fsp3) is 0.548. The van der Waals surface area contributed by atoms with Gasteiger partial charge in [-0.05, 0) is 74.1 Å². The van der Waals surface area contributed by atoms with Gasteiger partial charge in [0.15, 0.2) is 9.84 Å². The molecule has 45 heavy (non-hydrogen) atoms. The van der Waals surface area contributed by atoms with Crippen molar-refractivity contribution in [1.29, 1.82) is 5.26 Å². The van der Waals surface area contributed by atoms with Gasteiger partial charge in [-0.2, -0.15) is 27.2 Å². The molecule has 1 aliphatic heterocycles. The van der Waals surface area contributed by atoms with Gasteiger partial charge in [-0.15, -0.1) is 0 Å². The molecular formula is C31H36F5N3O5S. The lowest BCUT2D eigenvalue weighted by Crippen LogP contribution is -2.35. The molecule has 14 heteroatoms. The number of ether oxygens (including phenoxy) is 2. The number of hydrogen-bond donors (Lipinski definition) is 1. The van der Waals surface area contributed by atoms with Crippen LogP contribution < -0.4 is 10.2 Å². The Morgan fingerprint density at radius 3 is 2.24 bits per heavy atom. The van der Waals surface area contributed by atoms with Gasteiger partial charge in [0.05, 0.1) is 60.0 Å². The number of carbonyl (C=O) groups is 1. The summed E-state index contributed by atoms with van der Waals surface area (Å²) in [5, 5.41) is 12.1. The molecule has 1 N–H and O–H groups in total. The molecule has 1 saturated carbocycles. The van der Waals surface area contributed by atoms with E-state index in [1.54, 1.807) is 36.4 Å². The minimum absolute atomic E-state index is 0.00660. The quantitative estimate of drug-likeness (QED) is 0.271. The number of nitrogens with one attached hydrogen (secondary N) is 1. The maximum atomic E-state index is 13.1. The molecule has 1 heterocycles. The Morgan fingerprint density at radius 2 is 1.69 bits per heavy atom. The normalized spacial score (nSPS) is 23.1. The Hall–Kier alpha value is -3.28. The number of alkyl halides is 5. The van der Waals surface area contributed by atoms with Gasteiger partial charge in [-0.1, -0.05) is 19.1 Å². The van der Waals surface area contributed by atoms with Gasteiger partial charge in [0.25, 0.3) is 5.91 Å². The number of benzene rings is 2. The number of hydrogen-bond acceptors (Lipinski definition) is 7. The lowest BCUT2D eigenvalue weighted by atomic mass is 9.87. The first kappa shape index (κ1) is 34.6. The zero-order valence-corrected chi connectivity index (χ0v) is 25.5. The summed E-state index contributed by atoms with van der Waals surface area (Å²) in [4.78, 5) is 15.1. The van der Waals surface area contributed by atoms with Crippen molar-refractivity contribution < 1.29 is 44.6 Å². The zero-order chi connectivity index (χ0) is 32.8. The molecule has 1 amide bonds.